The van der Waals surface area contributed by atoms with E-state index in [0.29, 0.717) is 24.5 Å². The molecule has 3 aromatic rings. The average Bonchev–Trinajstić information content (AvgIpc) is 2.75. The van der Waals surface area contributed by atoms with Crippen molar-refractivity contribution in [1.82, 2.24) is 4.90 Å². The molecule has 0 bridgehead atoms. The van der Waals surface area contributed by atoms with E-state index in [1.54, 1.807) is 19.1 Å². The minimum atomic E-state index is 0.161. The second kappa shape index (κ2) is 9.27. The third-order valence-electron chi connectivity index (χ3n) is 5.05. The van der Waals surface area contributed by atoms with Gasteiger partial charge in [-0.05, 0) is 46.9 Å². The van der Waals surface area contributed by atoms with Crippen LogP contribution < -0.4 is 9.47 Å². The number of amides is 1. The second-order valence-corrected chi connectivity index (χ2v) is 6.94. The van der Waals surface area contributed by atoms with Crippen LogP contribution in [0.2, 0.25) is 0 Å². The van der Waals surface area contributed by atoms with Gasteiger partial charge < -0.3 is 14.4 Å². The third kappa shape index (κ3) is 4.83. The summed E-state index contributed by atoms with van der Waals surface area (Å²) in [5.41, 5.74) is 2.31. The molecule has 0 aliphatic carbocycles. The van der Waals surface area contributed by atoms with Gasteiger partial charge in [-0.3, -0.25) is 4.79 Å². The number of rotatable bonds is 8. The first-order valence-electron chi connectivity index (χ1n) is 9.53. The summed E-state index contributed by atoms with van der Waals surface area (Å²) in [4.78, 5) is 14.3. The summed E-state index contributed by atoms with van der Waals surface area (Å²) in [6, 6.07) is 20.6. The van der Waals surface area contributed by atoms with Crippen molar-refractivity contribution < 1.29 is 14.3 Å². The van der Waals surface area contributed by atoms with Crippen LogP contribution in [0, 0.1) is 0 Å². The highest BCUT2D eigenvalue weighted by molar-refractivity contribution is 5.83. The predicted octanol–water partition coefficient (Wildman–Crippen LogP) is 4.49. The van der Waals surface area contributed by atoms with Crippen LogP contribution in [0.4, 0.5) is 0 Å². The summed E-state index contributed by atoms with van der Waals surface area (Å²) >= 11 is 0. The van der Waals surface area contributed by atoms with E-state index in [-0.39, 0.29) is 5.91 Å². The number of likely N-dealkylation sites (N-methyl/N-ethyl adjacent to an activating group) is 1. The molecule has 146 valence electrons. The maximum atomic E-state index is 12.5. The van der Waals surface area contributed by atoms with Crippen molar-refractivity contribution in [3.05, 3.63) is 71.8 Å². The molecule has 0 radical (unpaired) electrons. The van der Waals surface area contributed by atoms with Crippen molar-refractivity contribution in [3.63, 3.8) is 0 Å². The molecular formula is C24H27NO3. The summed E-state index contributed by atoms with van der Waals surface area (Å²) < 4.78 is 10.6. The maximum absolute atomic E-state index is 12.5. The van der Waals surface area contributed by atoms with E-state index in [0.717, 1.165) is 18.4 Å². The zero-order valence-electron chi connectivity index (χ0n) is 16.8. The molecule has 0 aliphatic heterocycles. The van der Waals surface area contributed by atoms with Crippen LogP contribution in [-0.4, -0.2) is 38.6 Å². The van der Waals surface area contributed by atoms with Gasteiger partial charge in [0.1, 0.15) is 0 Å². The van der Waals surface area contributed by atoms with E-state index in [1.165, 1.54) is 16.3 Å². The lowest BCUT2D eigenvalue weighted by atomic mass is 10.0. The highest BCUT2D eigenvalue weighted by atomic mass is 16.5. The highest BCUT2D eigenvalue weighted by Crippen LogP contribution is 2.27. The highest BCUT2D eigenvalue weighted by Gasteiger charge is 2.11. The molecule has 28 heavy (non-hydrogen) atoms. The number of nitrogens with zero attached hydrogens (tertiary/aromatic N) is 1. The predicted molar refractivity (Wildman–Crippen MR) is 113 cm³/mol. The minimum absolute atomic E-state index is 0.161. The summed E-state index contributed by atoms with van der Waals surface area (Å²) in [5.74, 6) is 1.59. The Morgan fingerprint density at radius 2 is 1.50 bits per heavy atom. The number of hydrogen-bond donors (Lipinski definition) is 0. The van der Waals surface area contributed by atoms with Crippen molar-refractivity contribution in [2.45, 2.75) is 19.3 Å². The largest absolute Gasteiger partial charge is 0.493 e. The van der Waals surface area contributed by atoms with Crippen molar-refractivity contribution >= 4 is 16.7 Å². The van der Waals surface area contributed by atoms with E-state index < -0.39 is 0 Å². The van der Waals surface area contributed by atoms with Crippen molar-refractivity contribution in [2.24, 2.45) is 0 Å². The van der Waals surface area contributed by atoms with Gasteiger partial charge in [-0.15, -0.1) is 0 Å². The number of benzene rings is 3. The van der Waals surface area contributed by atoms with Gasteiger partial charge in [0.2, 0.25) is 5.91 Å². The molecule has 3 aromatic carbocycles. The molecule has 0 saturated carbocycles. The number of hydrogen-bond acceptors (Lipinski definition) is 3. The van der Waals surface area contributed by atoms with Crippen LogP contribution >= 0.6 is 0 Å². The second-order valence-electron chi connectivity index (χ2n) is 6.94. The van der Waals surface area contributed by atoms with Crippen molar-refractivity contribution in [1.29, 1.82) is 0 Å². The maximum Gasteiger partial charge on any atom is 0.222 e. The van der Waals surface area contributed by atoms with Crippen molar-refractivity contribution in [3.8, 4) is 11.5 Å². The van der Waals surface area contributed by atoms with E-state index in [9.17, 15) is 4.79 Å². The Kier molecular flexibility index (Phi) is 6.53. The fourth-order valence-electron chi connectivity index (χ4n) is 3.29. The first-order valence-corrected chi connectivity index (χ1v) is 9.53. The molecule has 0 N–H and O–H groups in total. The monoisotopic (exact) mass is 377 g/mol. The Morgan fingerprint density at radius 3 is 2.25 bits per heavy atom. The Balaban J connectivity index is 1.52. The number of carbonyl (C=O) groups excluding carboxylic acids is 1. The lowest BCUT2D eigenvalue weighted by Crippen LogP contribution is -2.29. The summed E-state index contributed by atoms with van der Waals surface area (Å²) in [6.07, 6.45) is 2.05. The van der Waals surface area contributed by atoms with Gasteiger partial charge in [-0.1, -0.05) is 48.5 Å². The molecular weight excluding hydrogens is 350 g/mol. The zero-order valence-corrected chi connectivity index (χ0v) is 16.8. The number of carbonyl (C=O) groups is 1. The van der Waals surface area contributed by atoms with Crippen LogP contribution in [0.15, 0.2) is 60.7 Å². The number of aryl methyl sites for hydroxylation is 1. The van der Waals surface area contributed by atoms with E-state index >= 15 is 0 Å². The molecule has 4 heteroatoms. The first-order chi connectivity index (χ1) is 13.6. The fourth-order valence-corrected chi connectivity index (χ4v) is 3.29. The molecule has 0 fully saturated rings. The molecule has 1 amide bonds. The van der Waals surface area contributed by atoms with Gasteiger partial charge in [-0.25, -0.2) is 0 Å². The molecule has 4 nitrogen and oxygen atoms in total. The topological polar surface area (TPSA) is 38.8 Å². The number of fused-ring (bicyclic) bond motifs is 1. The Hall–Kier alpha value is -3.01. The lowest BCUT2D eigenvalue weighted by Gasteiger charge is -2.18. The fraction of sp³-hybridized carbons (Fsp3) is 0.292. The quantitative estimate of drug-likeness (QED) is 0.581. The molecule has 3 rings (SSSR count). The summed E-state index contributed by atoms with van der Waals surface area (Å²) in [5, 5.41) is 2.44. The number of ether oxygens (including phenoxy) is 2. The first kappa shape index (κ1) is 19.7. The molecule has 0 atom stereocenters. The molecule has 0 saturated heterocycles. The van der Waals surface area contributed by atoms with Gasteiger partial charge >= 0.3 is 0 Å². The van der Waals surface area contributed by atoms with Crippen LogP contribution in [0.1, 0.15) is 17.5 Å². The normalized spacial score (nSPS) is 10.7. The molecule has 0 aliphatic rings. The standard InChI is InChI=1S/C24H27NO3/c1-25(15-14-19-9-12-22(27-2)23(17-19)28-3)24(26)13-10-18-8-11-20-6-4-5-7-21(20)16-18/h4-9,11-12,16-17H,10,13-15H2,1-3H3. The van der Waals surface area contributed by atoms with Gasteiger partial charge in [0.25, 0.3) is 0 Å². The smallest absolute Gasteiger partial charge is 0.222 e. The van der Waals surface area contributed by atoms with E-state index in [4.69, 9.17) is 9.47 Å². The average molecular weight is 377 g/mol. The Bertz CT molecular complexity index is 951. The van der Waals surface area contributed by atoms with Crippen LogP contribution in [-0.2, 0) is 17.6 Å². The molecule has 0 spiro atoms. The SMILES string of the molecule is COc1ccc(CCN(C)C(=O)CCc2ccc3ccccc3c2)cc1OC. The molecule has 0 unspecified atom stereocenters. The Morgan fingerprint density at radius 1 is 0.821 bits per heavy atom. The molecule has 0 aromatic heterocycles. The van der Waals surface area contributed by atoms with Gasteiger partial charge in [0.05, 0.1) is 14.2 Å². The number of methoxy groups -OCH3 is 2. The van der Waals surface area contributed by atoms with E-state index in [2.05, 4.69) is 30.3 Å². The Labute approximate surface area is 166 Å². The van der Waals surface area contributed by atoms with Crippen LogP contribution in [0.3, 0.4) is 0 Å². The van der Waals surface area contributed by atoms with Crippen LogP contribution in [0.5, 0.6) is 11.5 Å². The van der Waals surface area contributed by atoms with Gasteiger partial charge in [-0.2, -0.15) is 0 Å². The van der Waals surface area contributed by atoms with Gasteiger partial charge in [0, 0.05) is 20.0 Å². The van der Waals surface area contributed by atoms with Crippen LogP contribution in [0.25, 0.3) is 10.8 Å². The minimum Gasteiger partial charge on any atom is -0.493 e. The summed E-state index contributed by atoms with van der Waals surface area (Å²) in [6.45, 7) is 0.673. The summed E-state index contributed by atoms with van der Waals surface area (Å²) in [7, 11) is 5.12. The third-order valence-corrected chi connectivity index (χ3v) is 5.05. The van der Waals surface area contributed by atoms with Gasteiger partial charge in [0.15, 0.2) is 11.5 Å². The molecule has 0 heterocycles. The zero-order chi connectivity index (χ0) is 19.9. The van der Waals surface area contributed by atoms with Crippen molar-refractivity contribution in [2.75, 3.05) is 27.8 Å². The van der Waals surface area contributed by atoms with E-state index in [1.807, 2.05) is 37.4 Å². The lowest BCUT2D eigenvalue weighted by molar-refractivity contribution is -0.129.